The van der Waals surface area contributed by atoms with Crippen LogP contribution in [0.2, 0.25) is 0 Å². The van der Waals surface area contributed by atoms with Crippen molar-refractivity contribution in [2.45, 2.75) is 71.3 Å². The van der Waals surface area contributed by atoms with Gasteiger partial charge in [-0.25, -0.2) is 4.79 Å². The van der Waals surface area contributed by atoms with Crippen molar-refractivity contribution < 1.29 is 14.7 Å². The molecule has 1 unspecified atom stereocenters. The zero-order valence-corrected chi connectivity index (χ0v) is 13.4. The molecule has 1 fully saturated rings. The third kappa shape index (κ3) is 7.93. The highest BCUT2D eigenvalue weighted by atomic mass is 16.4. The summed E-state index contributed by atoms with van der Waals surface area (Å²) in [6.45, 7) is 4.92. The van der Waals surface area contributed by atoms with Crippen molar-refractivity contribution in [1.29, 1.82) is 0 Å². The van der Waals surface area contributed by atoms with Crippen molar-refractivity contribution in [3.05, 3.63) is 0 Å². The average Bonchev–Trinajstić information content (AvgIpc) is 2.45. The first-order valence-electron chi connectivity index (χ1n) is 8.27. The number of hydrogen-bond acceptors (Lipinski definition) is 2. The largest absolute Gasteiger partial charge is 0.481 e. The summed E-state index contributed by atoms with van der Waals surface area (Å²) in [5, 5.41) is 14.4. The van der Waals surface area contributed by atoms with E-state index in [4.69, 9.17) is 5.11 Å². The van der Waals surface area contributed by atoms with Gasteiger partial charge in [0, 0.05) is 19.0 Å². The molecule has 3 N–H and O–H groups in total. The Morgan fingerprint density at radius 1 is 1.19 bits per heavy atom. The van der Waals surface area contributed by atoms with Crippen LogP contribution in [0.1, 0.15) is 65.2 Å². The van der Waals surface area contributed by atoms with Crippen molar-refractivity contribution in [3.8, 4) is 0 Å². The predicted molar refractivity (Wildman–Crippen MR) is 83.2 cm³/mol. The van der Waals surface area contributed by atoms with Crippen LogP contribution in [0, 0.1) is 11.8 Å². The summed E-state index contributed by atoms with van der Waals surface area (Å²) in [5.41, 5.74) is 0. The number of rotatable bonds is 8. The molecule has 1 aliphatic rings. The number of hydrogen-bond donors (Lipinski definition) is 3. The molecule has 0 spiro atoms. The summed E-state index contributed by atoms with van der Waals surface area (Å²) in [5.74, 6) is 0.708. The van der Waals surface area contributed by atoms with E-state index in [1.54, 1.807) is 0 Å². The Labute approximate surface area is 127 Å². The molecule has 21 heavy (non-hydrogen) atoms. The van der Waals surface area contributed by atoms with Crippen molar-refractivity contribution >= 4 is 12.0 Å². The number of carboxylic acid groups (broad SMARTS) is 1. The van der Waals surface area contributed by atoms with E-state index in [0.717, 1.165) is 12.5 Å². The molecule has 2 amide bonds. The smallest absolute Gasteiger partial charge is 0.315 e. The Morgan fingerprint density at radius 3 is 2.38 bits per heavy atom. The topological polar surface area (TPSA) is 78.4 Å². The van der Waals surface area contributed by atoms with Gasteiger partial charge in [0.25, 0.3) is 0 Å². The monoisotopic (exact) mass is 298 g/mol. The van der Waals surface area contributed by atoms with Crippen molar-refractivity contribution in [3.63, 3.8) is 0 Å². The zero-order chi connectivity index (χ0) is 15.7. The minimum atomic E-state index is -0.783. The minimum Gasteiger partial charge on any atom is -0.481 e. The Kier molecular flexibility index (Phi) is 8.16. The Balaban J connectivity index is 2.09. The number of nitrogens with one attached hydrogen (secondary N) is 2. The fourth-order valence-corrected chi connectivity index (χ4v) is 2.99. The van der Waals surface area contributed by atoms with E-state index in [1.807, 2.05) is 6.92 Å². The molecule has 0 bridgehead atoms. The molecule has 122 valence electrons. The number of carbonyl (C=O) groups excluding carboxylic acids is 1. The van der Waals surface area contributed by atoms with Crippen molar-refractivity contribution in [2.24, 2.45) is 11.8 Å². The standard InChI is InChI=1S/C16H30N2O3/c1-3-13-7-9-14(10-8-13)11-17-16(21)18-12(2)5-4-6-15(19)20/h12-14H,3-11H2,1-2H3,(H,19,20)(H2,17,18,21). The van der Waals surface area contributed by atoms with Gasteiger partial charge in [0.1, 0.15) is 0 Å². The van der Waals surface area contributed by atoms with Crippen LogP contribution in [0.5, 0.6) is 0 Å². The van der Waals surface area contributed by atoms with Crippen LogP contribution < -0.4 is 10.6 Å². The summed E-state index contributed by atoms with van der Waals surface area (Å²) >= 11 is 0. The molecule has 1 aliphatic carbocycles. The van der Waals surface area contributed by atoms with Crippen LogP contribution in [0.4, 0.5) is 4.79 Å². The quantitative estimate of drug-likeness (QED) is 0.644. The Bertz CT molecular complexity index is 325. The second kappa shape index (κ2) is 9.64. The molecule has 0 aromatic heterocycles. The van der Waals surface area contributed by atoms with E-state index >= 15 is 0 Å². The molecule has 1 rings (SSSR count). The SMILES string of the molecule is CCC1CCC(CNC(=O)NC(C)CCCC(=O)O)CC1. The maximum Gasteiger partial charge on any atom is 0.315 e. The van der Waals surface area contributed by atoms with Gasteiger partial charge in [-0.1, -0.05) is 26.2 Å². The molecule has 0 radical (unpaired) electrons. The molecule has 0 heterocycles. The first-order chi connectivity index (χ1) is 10.0. The summed E-state index contributed by atoms with van der Waals surface area (Å²) in [7, 11) is 0. The molecular formula is C16H30N2O3. The van der Waals surface area contributed by atoms with Gasteiger partial charge < -0.3 is 15.7 Å². The first-order valence-corrected chi connectivity index (χ1v) is 8.27. The summed E-state index contributed by atoms with van der Waals surface area (Å²) < 4.78 is 0. The summed E-state index contributed by atoms with van der Waals surface area (Å²) in [6, 6.07) is -0.115. The second-order valence-corrected chi connectivity index (χ2v) is 6.34. The van der Waals surface area contributed by atoms with Gasteiger partial charge in [0.05, 0.1) is 0 Å². The van der Waals surface area contributed by atoms with Gasteiger partial charge in [0.15, 0.2) is 0 Å². The van der Waals surface area contributed by atoms with E-state index < -0.39 is 5.97 Å². The molecule has 0 aliphatic heterocycles. The van der Waals surface area contributed by atoms with Crippen LogP contribution in [-0.4, -0.2) is 29.7 Å². The van der Waals surface area contributed by atoms with Crippen LogP contribution in [0.3, 0.4) is 0 Å². The van der Waals surface area contributed by atoms with E-state index in [-0.39, 0.29) is 18.5 Å². The molecule has 1 saturated carbocycles. The number of carboxylic acids is 1. The van der Waals surface area contributed by atoms with Gasteiger partial charge >= 0.3 is 12.0 Å². The maximum absolute atomic E-state index is 11.8. The van der Waals surface area contributed by atoms with Gasteiger partial charge in [-0.05, 0) is 44.4 Å². The molecule has 5 heteroatoms. The van der Waals surface area contributed by atoms with Gasteiger partial charge in [-0.15, -0.1) is 0 Å². The highest BCUT2D eigenvalue weighted by Crippen LogP contribution is 2.29. The third-order valence-electron chi connectivity index (χ3n) is 4.50. The van der Waals surface area contributed by atoms with Crippen molar-refractivity contribution in [1.82, 2.24) is 10.6 Å². The van der Waals surface area contributed by atoms with Gasteiger partial charge in [-0.2, -0.15) is 0 Å². The highest BCUT2D eigenvalue weighted by molar-refractivity contribution is 5.74. The number of aliphatic carboxylic acids is 1. The molecule has 0 aromatic carbocycles. The molecule has 1 atom stereocenters. The van der Waals surface area contributed by atoms with E-state index in [9.17, 15) is 9.59 Å². The number of carbonyl (C=O) groups is 2. The summed E-state index contributed by atoms with van der Waals surface area (Å²) in [6.07, 6.45) is 7.73. The lowest BCUT2D eigenvalue weighted by Crippen LogP contribution is -2.42. The van der Waals surface area contributed by atoms with Gasteiger partial charge in [0.2, 0.25) is 0 Å². The molecule has 0 saturated heterocycles. The Hall–Kier alpha value is -1.26. The first kappa shape index (κ1) is 17.8. The lowest BCUT2D eigenvalue weighted by molar-refractivity contribution is -0.137. The van der Waals surface area contributed by atoms with Crippen LogP contribution in [-0.2, 0) is 4.79 Å². The fourth-order valence-electron chi connectivity index (χ4n) is 2.99. The number of urea groups is 1. The van der Waals surface area contributed by atoms with E-state index in [2.05, 4.69) is 17.6 Å². The highest BCUT2D eigenvalue weighted by Gasteiger charge is 2.20. The van der Waals surface area contributed by atoms with Gasteiger partial charge in [-0.3, -0.25) is 4.79 Å². The van der Waals surface area contributed by atoms with E-state index in [0.29, 0.717) is 18.8 Å². The normalized spacial score (nSPS) is 23.3. The maximum atomic E-state index is 11.8. The predicted octanol–water partition coefficient (Wildman–Crippen LogP) is 3.15. The molecule has 5 nitrogen and oxygen atoms in total. The minimum absolute atomic E-state index is 0.0141. The molecular weight excluding hydrogens is 268 g/mol. The molecule has 0 aromatic rings. The second-order valence-electron chi connectivity index (χ2n) is 6.34. The van der Waals surface area contributed by atoms with Crippen LogP contribution in [0.25, 0.3) is 0 Å². The Morgan fingerprint density at radius 2 is 1.81 bits per heavy atom. The van der Waals surface area contributed by atoms with Crippen LogP contribution in [0.15, 0.2) is 0 Å². The summed E-state index contributed by atoms with van der Waals surface area (Å²) in [4.78, 5) is 22.2. The van der Waals surface area contributed by atoms with Crippen molar-refractivity contribution in [2.75, 3.05) is 6.54 Å². The zero-order valence-electron chi connectivity index (χ0n) is 13.4. The average molecular weight is 298 g/mol. The lowest BCUT2D eigenvalue weighted by Gasteiger charge is -2.28. The fraction of sp³-hybridized carbons (Fsp3) is 0.875. The lowest BCUT2D eigenvalue weighted by atomic mass is 9.81. The van der Waals surface area contributed by atoms with E-state index in [1.165, 1.54) is 32.1 Å². The third-order valence-corrected chi connectivity index (χ3v) is 4.50. The van der Waals surface area contributed by atoms with Crippen LogP contribution >= 0.6 is 0 Å². The number of amides is 2.